The smallest absolute Gasteiger partial charge is 0.257 e. The van der Waals surface area contributed by atoms with Gasteiger partial charge in [0.2, 0.25) is 0 Å². The quantitative estimate of drug-likeness (QED) is 0.745. The number of hydrogen-bond donors (Lipinski definition) is 2. The van der Waals surface area contributed by atoms with Crippen molar-refractivity contribution in [3.05, 3.63) is 47.2 Å². The molecule has 0 saturated heterocycles. The Morgan fingerprint density at radius 1 is 1.26 bits per heavy atom. The van der Waals surface area contributed by atoms with Crippen LogP contribution in [-0.2, 0) is 0 Å². The van der Waals surface area contributed by atoms with E-state index in [0.717, 1.165) is 25.1 Å². The van der Waals surface area contributed by atoms with E-state index in [4.69, 9.17) is 16.3 Å². The summed E-state index contributed by atoms with van der Waals surface area (Å²) in [7, 11) is 1.54. The Bertz CT molecular complexity index is 677. The Labute approximate surface area is 141 Å². The first-order valence-corrected chi connectivity index (χ1v) is 7.85. The van der Waals surface area contributed by atoms with Crippen molar-refractivity contribution in [2.45, 2.75) is 19.8 Å². The number of unbranched alkanes of at least 4 members (excludes halogenated alkanes) is 1. The lowest BCUT2D eigenvalue weighted by Crippen LogP contribution is -2.13. The van der Waals surface area contributed by atoms with Crippen molar-refractivity contribution >= 4 is 28.9 Å². The van der Waals surface area contributed by atoms with Gasteiger partial charge >= 0.3 is 0 Å². The molecule has 0 unspecified atom stereocenters. The number of nitrogens with zero attached hydrogens (tertiary/aromatic N) is 1. The van der Waals surface area contributed by atoms with Crippen LogP contribution in [0.3, 0.4) is 0 Å². The number of carbonyl (C=O) groups is 1. The van der Waals surface area contributed by atoms with Crippen molar-refractivity contribution in [3.63, 3.8) is 0 Å². The second-order valence-corrected chi connectivity index (χ2v) is 5.45. The minimum atomic E-state index is -0.238. The van der Waals surface area contributed by atoms with Crippen molar-refractivity contribution in [3.8, 4) is 5.75 Å². The van der Waals surface area contributed by atoms with Crippen molar-refractivity contribution < 1.29 is 9.53 Å². The Kier molecular flexibility index (Phi) is 6.23. The number of carbonyl (C=O) groups excluding carboxylic acids is 1. The van der Waals surface area contributed by atoms with E-state index in [0.29, 0.717) is 22.0 Å². The van der Waals surface area contributed by atoms with Crippen LogP contribution in [0.1, 0.15) is 30.1 Å². The molecular formula is C17H20ClN3O2. The summed E-state index contributed by atoms with van der Waals surface area (Å²) in [6.45, 7) is 2.99. The molecule has 122 valence electrons. The first-order chi connectivity index (χ1) is 11.1. The zero-order valence-corrected chi connectivity index (χ0v) is 14.0. The largest absolute Gasteiger partial charge is 0.495 e. The van der Waals surface area contributed by atoms with Crippen LogP contribution in [0.4, 0.5) is 11.4 Å². The second-order valence-electron chi connectivity index (χ2n) is 5.05. The van der Waals surface area contributed by atoms with Gasteiger partial charge in [-0.15, -0.1) is 0 Å². The Hall–Kier alpha value is -2.27. The number of aromatic nitrogens is 1. The average Bonchev–Trinajstić information content (AvgIpc) is 2.55. The van der Waals surface area contributed by atoms with E-state index in [1.54, 1.807) is 37.6 Å². The minimum Gasteiger partial charge on any atom is -0.495 e. The SMILES string of the molecule is CCCCNc1cncc(C(=O)Nc2ccc(OC)c(Cl)c2)c1. The van der Waals surface area contributed by atoms with Crippen LogP contribution in [0.5, 0.6) is 5.75 Å². The van der Waals surface area contributed by atoms with E-state index in [2.05, 4.69) is 22.5 Å². The van der Waals surface area contributed by atoms with Gasteiger partial charge in [-0.25, -0.2) is 0 Å². The van der Waals surface area contributed by atoms with Crippen molar-refractivity contribution in [2.24, 2.45) is 0 Å². The molecule has 1 amide bonds. The highest BCUT2D eigenvalue weighted by Crippen LogP contribution is 2.27. The zero-order chi connectivity index (χ0) is 16.7. The van der Waals surface area contributed by atoms with Crippen LogP contribution in [0.15, 0.2) is 36.7 Å². The molecule has 2 aromatic rings. The van der Waals surface area contributed by atoms with E-state index < -0.39 is 0 Å². The molecule has 0 aliphatic heterocycles. The van der Waals surface area contributed by atoms with Crippen LogP contribution in [0, 0.1) is 0 Å². The molecule has 2 N–H and O–H groups in total. The Morgan fingerprint density at radius 2 is 2.09 bits per heavy atom. The fraction of sp³-hybridized carbons (Fsp3) is 0.294. The predicted octanol–water partition coefficient (Wildman–Crippen LogP) is 4.21. The van der Waals surface area contributed by atoms with Gasteiger partial charge in [-0.1, -0.05) is 24.9 Å². The van der Waals surface area contributed by atoms with E-state index in [1.807, 2.05) is 0 Å². The summed E-state index contributed by atoms with van der Waals surface area (Å²) in [5.74, 6) is 0.325. The van der Waals surface area contributed by atoms with Crippen molar-refractivity contribution in [2.75, 3.05) is 24.3 Å². The lowest BCUT2D eigenvalue weighted by molar-refractivity contribution is 0.102. The molecule has 0 aliphatic rings. The Balaban J connectivity index is 2.05. The zero-order valence-electron chi connectivity index (χ0n) is 13.2. The molecule has 1 aromatic carbocycles. The lowest BCUT2D eigenvalue weighted by atomic mass is 10.2. The summed E-state index contributed by atoms with van der Waals surface area (Å²) < 4.78 is 5.09. The van der Waals surface area contributed by atoms with Gasteiger partial charge in [-0.2, -0.15) is 0 Å². The van der Waals surface area contributed by atoms with Gasteiger partial charge in [-0.3, -0.25) is 9.78 Å². The lowest BCUT2D eigenvalue weighted by Gasteiger charge is -2.09. The molecule has 6 heteroatoms. The fourth-order valence-electron chi connectivity index (χ4n) is 2.02. The molecule has 0 spiro atoms. The van der Waals surface area contributed by atoms with E-state index >= 15 is 0 Å². The van der Waals surface area contributed by atoms with Gasteiger partial charge in [0.15, 0.2) is 0 Å². The summed E-state index contributed by atoms with van der Waals surface area (Å²) in [6, 6.07) is 6.87. The molecular weight excluding hydrogens is 314 g/mol. The third-order valence-corrected chi connectivity index (χ3v) is 3.56. The third-order valence-electron chi connectivity index (χ3n) is 3.27. The highest BCUT2D eigenvalue weighted by molar-refractivity contribution is 6.32. The summed E-state index contributed by atoms with van der Waals surface area (Å²) in [6.07, 6.45) is 5.42. The van der Waals surface area contributed by atoms with Crippen LogP contribution in [0.2, 0.25) is 5.02 Å². The van der Waals surface area contributed by atoms with E-state index in [9.17, 15) is 4.79 Å². The molecule has 1 heterocycles. The minimum absolute atomic E-state index is 0.238. The number of methoxy groups -OCH3 is 1. The first-order valence-electron chi connectivity index (χ1n) is 7.48. The third kappa shape index (κ3) is 4.86. The molecule has 1 aromatic heterocycles. The number of anilines is 2. The van der Waals surface area contributed by atoms with E-state index in [1.165, 1.54) is 6.20 Å². The number of nitrogens with one attached hydrogen (secondary N) is 2. The predicted molar refractivity (Wildman–Crippen MR) is 93.6 cm³/mol. The molecule has 0 atom stereocenters. The Morgan fingerprint density at radius 3 is 2.78 bits per heavy atom. The van der Waals surface area contributed by atoms with Gasteiger partial charge in [-0.05, 0) is 30.7 Å². The average molecular weight is 334 g/mol. The summed E-state index contributed by atoms with van der Waals surface area (Å²) >= 11 is 6.06. The van der Waals surface area contributed by atoms with Gasteiger partial charge in [0, 0.05) is 24.6 Å². The highest BCUT2D eigenvalue weighted by Gasteiger charge is 2.09. The summed E-state index contributed by atoms with van der Waals surface area (Å²) in [4.78, 5) is 16.4. The standard InChI is InChI=1S/C17H20ClN3O2/c1-3-4-7-20-14-8-12(10-19-11-14)17(22)21-13-5-6-16(23-2)15(18)9-13/h5-6,8-11,20H,3-4,7H2,1-2H3,(H,21,22). The van der Waals surface area contributed by atoms with Crippen LogP contribution in [0.25, 0.3) is 0 Å². The molecule has 2 rings (SSSR count). The van der Waals surface area contributed by atoms with Crippen molar-refractivity contribution in [1.82, 2.24) is 4.98 Å². The molecule has 0 saturated carbocycles. The fourth-order valence-corrected chi connectivity index (χ4v) is 2.28. The normalized spacial score (nSPS) is 10.2. The molecule has 0 bridgehead atoms. The number of rotatable bonds is 7. The van der Waals surface area contributed by atoms with Crippen LogP contribution in [-0.4, -0.2) is 24.5 Å². The number of pyridine rings is 1. The molecule has 0 fully saturated rings. The first kappa shape index (κ1) is 17.1. The number of hydrogen-bond acceptors (Lipinski definition) is 4. The maximum Gasteiger partial charge on any atom is 0.257 e. The van der Waals surface area contributed by atoms with Crippen LogP contribution >= 0.6 is 11.6 Å². The molecule has 0 radical (unpaired) electrons. The topological polar surface area (TPSA) is 63.2 Å². The van der Waals surface area contributed by atoms with Gasteiger partial charge in [0.1, 0.15) is 5.75 Å². The number of amides is 1. The monoisotopic (exact) mass is 333 g/mol. The van der Waals surface area contributed by atoms with E-state index in [-0.39, 0.29) is 5.91 Å². The molecule has 5 nitrogen and oxygen atoms in total. The molecule has 0 aliphatic carbocycles. The number of halogens is 1. The summed E-state index contributed by atoms with van der Waals surface area (Å²) in [5.41, 5.74) is 1.92. The molecule has 23 heavy (non-hydrogen) atoms. The van der Waals surface area contributed by atoms with Gasteiger partial charge in [0.05, 0.1) is 23.4 Å². The second kappa shape index (κ2) is 8.39. The number of benzene rings is 1. The maximum atomic E-state index is 12.3. The van der Waals surface area contributed by atoms with Gasteiger partial charge < -0.3 is 15.4 Å². The number of ether oxygens (including phenoxy) is 1. The summed E-state index contributed by atoms with van der Waals surface area (Å²) in [5, 5.41) is 6.49. The van der Waals surface area contributed by atoms with Gasteiger partial charge in [0.25, 0.3) is 5.91 Å². The van der Waals surface area contributed by atoms with Crippen LogP contribution < -0.4 is 15.4 Å². The van der Waals surface area contributed by atoms with Crippen molar-refractivity contribution in [1.29, 1.82) is 0 Å². The maximum absolute atomic E-state index is 12.3. The highest BCUT2D eigenvalue weighted by atomic mass is 35.5.